The second-order valence-corrected chi connectivity index (χ2v) is 4.54. The van der Waals surface area contributed by atoms with Crippen molar-refractivity contribution in [3.8, 4) is 5.75 Å². The largest absolute Gasteiger partial charge is 0.496 e. The Hall–Kier alpha value is -1.26. The van der Waals surface area contributed by atoms with E-state index in [1.165, 1.54) is 0 Å². The second-order valence-electron chi connectivity index (χ2n) is 4.14. The molecule has 0 heterocycles. The second kappa shape index (κ2) is 7.24. The van der Waals surface area contributed by atoms with Gasteiger partial charge in [-0.25, -0.2) is 0 Å². The Morgan fingerprint density at radius 1 is 1.44 bits per heavy atom. The van der Waals surface area contributed by atoms with Crippen LogP contribution in [0, 0.1) is 0 Å². The number of carbonyl (C=O) groups is 1. The topological polar surface area (TPSA) is 41.6 Å². The van der Waals surface area contributed by atoms with Crippen LogP contribution in [-0.4, -0.2) is 38.6 Å². The fourth-order valence-electron chi connectivity index (χ4n) is 1.53. The third-order valence-corrected chi connectivity index (χ3v) is 2.97. The number of nitrogens with zero attached hydrogens (tertiary/aromatic N) is 1. The van der Waals surface area contributed by atoms with Gasteiger partial charge < -0.3 is 15.0 Å². The lowest BCUT2D eigenvalue weighted by Gasteiger charge is -2.12. The van der Waals surface area contributed by atoms with Gasteiger partial charge in [0.2, 0.25) is 5.91 Å². The normalized spacial score (nSPS) is 10.2. The number of halogens is 1. The fourth-order valence-corrected chi connectivity index (χ4v) is 1.77. The summed E-state index contributed by atoms with van der Waals surface area (Å²) in [6, 6.07) is 5.54. The van der Waals surface area contributed by atoms with Crippen molar-refractivity contribution in [2.75, 3.05) is 27.7 Å². The Morgan fingerprint density at radius 3 is 2.78 bits per heavy atom. The van der Waals surface area contributed by atoms with E-state index in [4.69, 9.17) is 16.3 Å². The molecule has 0 atom stereocenters. The highest BCUT2D eigenvalue weighted by Gasteiger charge is 2.08. The van der Waals surface area contributed by atoms with E-state index >= 15 is 0 Å². The smallest absolute Gasteiger partial charge is 0.223 e. The van der Waals surface area contributed by atoms with E-state index in [1.54, 1.807) is 26.1 Å². The van der Waals surface area contributed by atoms with Crippen LogP contribution >= 0.6 is 11.6 Å². The molecule has 1 rings (SSSR count). The Labute approximate surface area is 113 Å². The van der Waals surface area contributed by atoms with Gasteiger partial charge in [-0.15, -0.1) is 0 Å². The summed E-state index contributed by atoms with van der Waals surface area (Å²) < 4.78 is 5.24. The highest BCUT2D eigenvalue weighted by Crippen LogP contribution is 2.25. The first-order valence-corrected chi connectivity index (χ1v) is 6.16. The molecule has 0 aliphatic heterocycles. The molecule has 0 radical (unpaired) electrons. The van der Waals surface area contributed by atoms with Gasteiger partial charge in [-0.05, 0) is 12.1 Å². The molecule has 1 amide bonds. The maximum Gasteiger partial charge on any atom is 0.223 e. The summed E-state index contributed by atoms with van der Waals surface area (Å²) >= 11 is 6.10. The van der Waals surface area contributed by atoms with Crippen LogP contribution in [0.25, 0.3) is 0 Å². The molecule has 0 aromatic heterocycles. The first-order valence-electron chi connectivity index (χ1n) is 5.78. The zero-order valence-electron chi connectivity index (χ0n) is 11.0. The Balaban J connectivity index is 2.47. The zero-order valence-corrected chi connectivity index (χ0v) is 11.8. The summed E-state index contributed by atoms with van der Waals surface area (Å²) in [5.41, 5.74) is 0.916. The summed E-state index contributed by atoms with van der Waals surface area (Å²) in [5.74, 6) is 0.863. The van der Waals surface area contributed by atoms with Crippen LogP contribution in [0.3, 0.4) is 0 Å². The molecule has 0 aliphatic carbocycles. The lowest BCUT2D eigenvalue weighted by atomic mass is 10.2. The van der Waals surface area contributed by atoms with E-state index in [0.29, 0.717) is 24.5 Å². The number of methoxy groups -OCH3 is 1. The first-order chi connectivity index (χ1) is 8.56. The average molecular weight is 271 g/mol. The van der Waals surface area contributed by atoms with Crippen molar-refractivity contribution in [1.82, 2.24) is 10.2 Å². The number of ether oxygens (including phenoxy) is 1. The van der Waals surface area contributed by atoms with E-state index in [-0.39, 0.29) is 5.91 Å². The van der Waals surface area contributed by atoms with Crippen LogP contribution < -0.4 is 10.1 Å². The molecule has 1 N–H and O–H groups in total. The van der Waals surface area contributed by atoms with Crippen molar-refractivity contribution < 1.29 is 9.53 Å². The fraction of sp³-hybridized carbons (Fsp3) is 0.462. The third kappa shape index (κ3) is 4.20. The number of hydrogen-bond acceptors (Lipinski definition) is 3. The van der Waals surface area contributed by atoms with E-state index in [0.717, 1.165) is 11.3 Å². The van der Waals surface area contributed by atoms with Crippen LogP contribution in [0.2, 0.25) is 5.02 Å². The molecule has 0 aliphatic rings. The van der Waals surface area contributed by atoms with Gasteiger partial charge in [0, 0.05) is 44.2 Å². The van der Waals surface area contributed by atoms with Crippen LogP contribution in [0.5, 0.6) is 5.75 Å². The van der Waals surface area contributed by atoms with Crippen molar-refractivity contribution >= 4 is 17.5 Å². The molecule has 5 heteroatoms. The Kier molecular flexibility index (Phi) is 5.95. The lowest BCUT2D eigenvalue weighted by Crippen LogP contribution is -2.26. The van der Waals surface area contributed by atoms with E-state index in [1.807, 2.05) is 18.2 Å². The minimum absolute atomic E-state index is 0.105. The van der Waals surface area contributed by atoms with Crippen molar-refractivity contribution in [3.05, 3.63) is 28.8 Å². The van der Waals surface area contributed by atoms with E-state index in [9.17, 15) is 4.79 Å². The van der Waals surface area contributed by atoms with Crippen LogP contribution in [0.15, 0.2) is 18.2 Å². The number of rotatable bonds is 6. The summed E-state index contributed by atoms with van der Waals surface area (Å²) in [5, 5.41) is 3.86. The molecule has 0 unspecified atom stereocenters. The summed E-state index contributed by atoms with van der Waals surface area (Å²) in [7, 11) is 5.11. The van der Waals surface area contributed by atoms with Gasteiger partial charge in [-0.3, -0.25) is 4.79 Å². The van der Waals surface area contributed by atoms with Crippen molar-refractivity contribution in [2.45, 2.75) is 13.0 Å². The molecular weight excluding hydrogens is 252 g/mol. The van der Waals surface area contributed by atoms with Gasteiger partial charge in [0.25, 0.3) is 0 Å². The van der Waals surface area contributed by atoms with Crippen LogP contribution in [0.4, 0.5) is 0 Å². The zero-order chi connectivity index (χ0) is 13.5. The third-order valence-electron chi connectivity index (χ3n) is 2.61. The highest BCUT2D eigenvalue weighted by atomic mass is 35.5. The average Bonchev–Trinajstić information content (AvgIpc) is 2.35. The molecule has 100 valence electrons. The minimum atomic E-state index is 0.105. The number of carbonyl (C=O) groups excluding carboxylic acids is 1. The predicted octanol–water partition coefficient (Wildman–Crippen LogP) is 1.92. The van der Waals surface area contributed by atoms with Crippen molar-refractivity contribution in [1.29, 1.82) is 0 Å². The maximum atomic E-state index is 11.4. The highest BCUT2D eigenvalue weighted by molar-refractivity contribution is 6.31. The number of benzene rings is 1. The molecule has 18 heavy (non-hydrogen) atoms. The molecule has 0 bridgehead atoms. The van der Waals surface area contributed by atoms with Crippen LogP contribution in [-0.2, 0) is 11.3 Å². The number of nitrogens with one attached hydrogen (secondary N) is 1. The SMILES string of the molecule is COc1cccc(Cl)c1CNCCC(=O)N(C)C. The standard InChI is InChI=1S/C13H19ClN2O2/c1-16(2)13(17)7-8-15-9-10-11(14)5-4-6-12(10)18-3/h4-6,15H,7-9H2,1-3H3. The first kappa shape index (κ1) is 14.8. The van der Waals surface area contributed by atoms with Crippen molar-refractivity contribution in [2.24, 2.45) is 0 Å². The molecule has 0 fully saturated rings. The molecule has 0 spiro atoms. The minimum Gasteiger partial charge on any atom is -0.496 e. The van der Waals surface area contributed by atoms with Crippen LogP contribution in [0.1, 0.15) is 12.0 Å². The van der Waals surface area contributed by atoms with Crippen molar-refractivity contribution in [3.63, 3.8) is 0 Å². The number of hydrogen-bond donors (Lipinski definition) is 1. The Bertz CT molecular complexity index is 408. The lowest BCUT2D eigenvalue weighted by molar-refractivity contribution is -0.128. The van der Waals surface area contributed by atoms with Gasteiger partial charge >= 0.3 is 0 Å². The predicted molar refractivity (Wildman–Crippen MR) is 73.0 cm³/mol. The van der Waals surface area contributed by atoms with Gasteiger partial charge in [0.1, 0.15) is 5.75 Å². The molecule has 0 saturated carbocycles. The van der Waals surface area contributed by atoms with E-state index < -0.39 is 0 Å². The Morgan fingerprint density at radius 2 is 2.17 bits per heavy atom. The summed E-state index contributed by atoms with van der Waals surface area (Å²) in [4.78, 5) is 13.0. The maximum absolute atomic E-state index is 11.4. The molecule has 1 aromatic rings. The molecular formula is C13H19ClN2O2. The summed E-state index contributed by atoms with van der Waals surface area (Å²) in [6.07, 6.45) is 0.472. The van der Waals surface area contributed by atoms with Gasteiger partial charge in [-0.1, -0.05) is 17.7 Å². The molecule has 4 nitrogen and oxygen atoms in total. The van der Waals surface area contributed by atoms with Gasteiger partial charge in [-0.2, -0.15) is 0 Å². The van der Waals surface area contributed by atoms with Gasteiger partial charge in [0.15, 0.2) is 0 Å². The molecule has 1 aromatic carbocycles. The molecule has 0 saturated heterocycles. The van der Waals surface area contributed by atoms with E-state index in [2.05, 4.69) is 5.32 Å². The monoisotopic (exact) mass is 270 g/mol. The summed E-state index contributed by atoms with van der Waals surface area (Å²) in [6.45, 7) is 1.20. The number of amides is 1. The quantitative estimate of drug-likeness (QED) is 0.803. The van der Waals surface area contributed by atoms with Gasteiger partial charge in [0.05, 0.1) is 7.11 Å².